The molecule has 1 heteroatoms. The monoisotopic (exact) mass is 150 g/mol. The molecule has 0 bridgehead atoms. The second kappa shape index (κ2) is 3.05. The van der Waals surface area contributed by atoms with Gasteiger partial charge in [-0.05, 0) is 32.4 Å². The van der Waals surface area contributed by atoms with Gasteiger partial charge in [0.2, 0.25) is 0 Å². The van der Waals surface area contributed by atoms with E-state index in [1.165, 1.54) is 16.7 Å². The van der Waals surface area contributed by atoms with Crippen molar-refractivity contribution in [3.8, 4) is 0 Å². The number of hydrogen-bond donors (Lipinski definition) is 1. The minimum atomic E-state index is 0.398. The summed E-state index contributed by atoms with van der Waals surface area (Å²) in [5, 5.41) is 0. The van der Waals surface area contributed by atoms with Gasteiger partial charge in [0.05, 0.1) is 0 Å². The van der Waals surface area contributed by atoms with Gasteiger partial charge in [0.1, 0.15) is 6.04 Å². The number of aryl methyl sites for hydroxylation is 2. The van der Waals surface area contributed by atoms with E-state index in [9.17, 15) is 0 Å². The maximum absolute atomic E-state index is 4.01. The van der Waals surface area contributed by atoms with Gasteiger partial charge in [0.25, 0.3) is 0 Å². The maximum atomic E-state index is 4.01. The summed E-state index contributed by atoms with van der Waals surface area (Å²) >= 11 is 0. The molecule has 0 aromatic heterocycles. The third kappa shape index (κ3) is 1.81. The highest BCUT2D eigenvalue weighted by atomic mass is 14.6. The second-order valence-corrected chi connectivity index (χ2v) is 3.26. The molecular formula is C10H16N+. The average molecular weight is 150 g/mol. The largest absolute Gasteiger partial charge is 0.352 e. The minimum Gasteiger partial charge on any atom is -0.352 e. The van der Waals surface area contributed by atoms with Gasteiger partial charge in [0.15, 0.2) is 0 Å². The quantitative estimate of drug-likeness (QED) is 0.630. The van der Waals surface area contributed by atoms with Gasteiger partial charge in [-0.15, -0.1) is 0 Å². The van der Waals surface area contributed by atoms with Crippen LogP contribution in [-0.2, 0) is 0 Å². The topological polar surface area (TPSA) is 27.6 Å². The molecule has 0 fully saturated rings. The third-order valence-electron chi connectivity index (χ3n) is 1.97. The van der Waals surface area contributed by atoms with Crippen LogP contribution in [0.2, 0.25) is 0 Å². The predicted molar refractivity (Wildman–Crippen MR) is 47.2 cm³/mol. The summed E-state index contributed by atoms with van der Waals surface area (Å²) in [6.07, 6.45) is 0. The second-order valence-electron chi connectivity index (χ2n) is 3.26. The van der Waals surface area contributed by atoms with Gasteiger partial charge < -0.3 is 5.73 Å². The fraction of sp³-hybridized carbons (Fsp3) is 0.400. The van der Waals surface area contributed by atoms with E-state index in [2.05, 4.69) is 44.7 Å². The van der Waals surface area contributed by atoms with Gasteiger partial charge in [-0.3, -0.25) is 0 Å². The van der Waals surface area contributed by atoms with Crippen molar-refractivity contribution in [2.75, 3.05) is 0 Å². The van der Waals surface area contributed by atoms with Crippen LogP contribution >= 0.6 is 0 Å². The summed E-state index contributed by atoms with van der Waals surface area (Å²) < 4.78 is 0. The highest BCUT2D eigenvalue weighted by Crippen LogP contribution is 2.15. The average Bonchev–Trinajstić information content (AvgIpc) is 1.94. The molecule has 0 saturated heterocycles. The van der Waals surface area contributed by atoms with Gasteiger partial charge in [-0.1, -0.05) is 17.7 Å². The zero-order chi connectivity index (χ0) is 8.43. The Labute approximate surface area is 68.2 Å². The Kier molecular flexibility index (Phi) is 2.30. The Morgan fingerprint density at radius 3 is 2.36 bits per heavy atom. The molecule has 0 spiro atoms. The van der Waals surface area contributed by atoms with E-state index in [0.717, 1.165) is 0 Å². The molecule has 0 heterocycles. The van der Waals surface area contributed by atoms with Gasteiger partial charge >= 0.3 is 0 Å². The van der Waals surface area contributed by atoms with Crippen molar-refractivity contribution in [1.29, 1.82) is 0 Å². The van der Waals surface area contributed by atoms with Gasteiger partial charge in [-0.25, -0.2) is 0 Å². The highest BCUT2D eigenvalue weighted by molar-refractivity contribution is 5.31. The van der Waals surface area contributed by atoms with Crippen molar-refractivity contribution in [3.63, 3.8) is 0 Å². The number of hydrogen-bond acceptors (Lipinski definition) is 0. The molecule has 0 saturated carbocycles. The van der Waals surface area contributed by atoms with Crippen molar-refractivity contribution < 1.29 is 5.73 Å². The Balaban J connectivity index is 3.13. The van der Waals surface area contributed by atoms with Crippen LogP contribution in [0.4, 0.5) is 0 Å². The molecule has 1 rings (SSSR count). The molecule has 0 radical (unpaired) electrons. The minimum absolute atomic E-state index is 0.398. The molecule has 1 nitrogen and oxygen atoms in total. The Hall–Kier alpha value is -0.820. The first-order valence-corrected chi connectivity index (χ1v) is 4.01. The molecule has 1 aromatic rings. The Morgan fingerprint density at radius 1 is 1.27 bits per heavy atom. The fourth-order valence-corrected chi connectivity index (χ4v) is 1.29. The molecule has 3 N–H and O–H groups in total. The van der Waals surface area contributed by atoms with Crippen LogP contribution in [0.25, 0.3) is 0 Å². The molecule has 60 valence electrons. The van der Waals surface area contributed by atoms with Crippen LogP contribution in [0.3, 0.4) is 0 Å². The lowest BCUT2D eigenvalue weighted by molar-refractivity contribution is -0.420. The van der Waals surface area contributed by atoms with E-state index < -0.39 is 0 Å². The summed E-state index contributed by atoms with van der Waals surface area (Å²) in [6, 6.07) is 6.91. The molecule has 0 aliphatic carbocycles. The number of rotatable bonds is 1. The lowest BCUT2D eigenvalue weighted by Gasteiger charge is -2.07. The molecule has 11 heavy (non-hydrogen) atoms. The van der Waals surface area contributed by atoms with Gasteiger partial charge in [-0.2, -0.15) is 0 Å². The molecule has 0 aliphatic rings. The predicted octanol–water partition coefficient (Wildman–Crippen LogP) is 1.61. The fourth-order valence-electron chi connectivity index (χ4n) is 1.29. The van der Waals surface area contributed by atoms with E-state index in [1.807, 2.05) is 0 Å². The van der Waals surface area contributed by atoms with Crippen molar-refractivity contribution in [1.82, 2.24) is 0 Å². The zero-order valence-electron chi connectivity index (χ0n) is 7.52. The summed E-state index contributed by atoms with van der Waals surface area (Å²) in [4.78, 5) is 0. The third-order valence-corrected chi connectivity index (χ3v) is 1.97. The van der Waals surface area contributed by atoms with Crippen LogP contribution in [0.1, 0.15) is 29.7 Å². The Bertz CT molecular complexity index is 251. The van der Waals surface area contributed by atoms with Gasteiger partial charge in [0, 0.05) is 5.56 Å². The number of benzene rings is 1. The molecule has 0 aliphatic heterocycles. The van der Waals surface area contributed by atoms with Crippen molar-refractivity contribution in [2.45, 2.75) is 26.8 Å². The van der Waals surface area contributed by atoms with E-state index in [-0.39, 0.29) is 0 Å². The van der Waals surface area contributed by atoms with Crippen LogP contribution in [0, 0.1) is 13.8 Å². The summed E-state index contributed by atoms with van der Waals surface area (Å²) in [7, 11) is 0. The SMILES string of the molecule is Cc1ccc(C)c([C@@H](C)[NH3+])c1. The van der Waals surface area contributed by atoms with Crippen LogP contribution in [0.5, 0.6) is 0 Å². The smallest absolute Gasteiger partial charge is 0.107 e. The number of quaternary nitrogens is 1. The molecular weight excluding hydrogens is 134 g/mol. The highest BCUT2D eigenvalue weighted by Gasteiger charge is 2.05. The first-order chi connectivity index (χ1) is 5.11. The van der Waals surface area contributed by atoms with E-state index in [0.29, 0.717) is 6.04 Å². The zero-order valence-corrected chi connectivity index (χ0v) is 7.52. The molecule has 0 amide bonds. The lowest BCUT2D eigenvalue weighted by atomic mass is 10.0. The normalized spacial score (nSPS) is 13.1. The van der Waals surface area contributed by atoms with Crippen molar-refractivity contribution in [3.05, 3.63) is 34.9 Å². The van der Waals surface area contributed by atoms with E-state index >= 15 is 0 Å². The van der Waals surface area contributed by atoms with E-state index in [1.54, 1.807) is 0 Å². The lowest BCUT2D eigenvalue weighted by Crippen LogP contribution is -2.52. The molecule has 1 atom stereocenters. The molecule has 0 unspecified atom stereocenters. The van der Waals surface area contributed by atoms with Crippen LogP contribution in [0.15, 0.2) is 18.2 Å². The summed E-state index contributed by atoms with van der Waals surface area (Å²) in [5.74, 6) is 0. The summed E-state index contributed by atoms with van der Waals surface area (Å²) in [5.41, 5.74) is 8.04. The van der Waals surface area contributed by atoms with Crippen LogP contribution in [-0.4, -0.2) is 0 Å². The van der Waals surface area contributed by atoms with Crippen molar-refractivity contribution >= 4 is 0 Å². The summed E-state index contributed by atoms with van der Waals surface area (Å²) in [6.45, 7) is 6.38. The van der Waals surface area contributed by atoms with E-state index in [4.69, 9.17) is 0 Å². The molecule has 1 aromatic carbocycles. The van der Waals surface area contributed by atoms with Crippen LogP contribution < -0.4 is 5.73 Å². The maximum Gasteiger partial charge on any atom is 0.107 e. The van der Waals surface area contributed by atoms with Crippen molar-refractivity contribution in [2.24, 2.45) is 0 Å². The Morgan fingerprint density at radius 2 is 1.91 bits per heavy atom. The first-order valence-electron chi connectivity index (χ1n) is 4.01. The first kappa shape index (κ1) is 8.28. The standard InChI is InChI=1S/C10H15N/c1-7-4-5-8(2)10(6-7)9(3)11/h4-6,9H,11H2,1-3H3/p+1/t9-/m1/s1.